The van der Waals surface area contributed by atoms with Crippen molar-refractivity contribution in [1.29, 1.82) is 0 Å². The highest BCUT2D eigenvalue weighted by atomic mass is 35.5. The van der Waals surface area contributed by atoms with Crippen molar-refractivity contribution in [2.75, 3.05) is 31.1 Å². The van der Waals surface area contributed by atoms with Crippen LogP contribution in [0.5, 0.6) is 0 Å². The summed E-state index contributed by atoms with van der Waals surface area (Å²) in [4.78, 5) is 18.4. The number of halogens is 2. The van der Waals surface area contributed by atoms with E-state index >= 15 is 0 Å². The second-order valence-corrected chi connectivity index (χ2v) is 9.02. The van der Waals surface area contributed by atoms with E-state index in [2.05, 4.69) is 21.6 Å². The Bertz CT molecular complexity index is 1210. The van der Waals surface area contributed by atoms with E-state index in [0.29, 0.717) is 18.1 Å². The van der Waals surface area contributed by atoms with Crippen molar-refractivity contribution in [3.63, 3.8) is 0 Å². The van der Waals surface area contributed by atoms with Crippen LogP contribution in [0.25, 0.3) is 21.5 Å². The number of rotatable bonds is 4. The first kappa shape index (κ1) is 20.1. The van der Waals surface area contributed by atoms with Crippen LogP contribution in [0.2, 0.25) is 5.02 Å². The highest BCUT2D eigenvalue weighted by Gasteiger charge is 2.23. The summed E-state index contributed by atoms with van der Waals surface area (Å²) in [6.07, 6.45) is 0. The van der Waals surface area contributed by atoms with Crippen molar-refractivity contribution >= 4 is 45.4 Å². The third-order valence-corrected chi connectivity index (χ3v) is 6.88. The summed E-state index contributed by atoms with van der Waals surface area (Å²) in [6.45, 7) is 3.05. The molecule has 0 radical (unpaired) electrons. The van der Waals surface area contributed by atoms with Crippen molar-refractivity contribution in [3.05, 3.63) is 76.9 Å². The quantitative estimate of drug-likeness (QED) is 0.407. The van der Waals surface area contributed by atoms with Gasteiger partial charge in [-0.1, -0.05) is 17.7 Å². The van der Waals surface area contributed by atoms with Crippen LogP contribution >= 0.6 is 22.9 Å². The zero-order valence-electron chi connectivity index (χ0n) is 16.8. The topological polar surface area (TPSA) is 28.5 Å². The van der Waals surface area contributed by atoms with Gasteiger partial charge in [0.05, 0.1) is 10.6 Å². The largest absolute Gasteiger partial charge is 0.368 e. The second-order valence-electron chi connectivity index (χ2n) is 7.64. The predicted molar refractivity (Wildman–Crippen MR) is 125 cm³/mol. The van der Waals surface area contributed by atoms with E-state index < -0.39 is 0 Å². The van der Waals surface area contributed by atoms with Crippen molar-refractivity contribution in [2.24, 2.45) is 0 Å². The van der Waals surface area contributed by atoms with E-state index in [1.54, 1.807) is 23.5 Å². The van der Waals surface area contributed by atoms with Crippen LogP contribution in [0.15, 0.2) is 66.0 Å². The fraction of sp³-hybridized carbons (Fsp3) is 0.208. The number of thiophene rings is 1. The zero-order valence-corrected chi connectivity index (χ0v) is 18.4. The van der Waals surface area contributed by atoms with Gasteiger partial charge in [-0.25, -0.2) is 4.39 Å². The minimum Gasteiger partial charge on any atom is -0.368 e. The Kier molecular flexibility index (Phi) is 5.42. The Morgan fingerprint density at radius 1 is 1.00 bits per heavy atom. The van der Waals surface area contributed by atoms with Gasteiger partial charge in [-0.3, -0.25) is 4.79 Å². The number of piperazine rings is 1. The van der Waals surface area contributed by atoms with Crippen LogP contribution in [0.4, 0.5) is 10.1 Å². The minimum absolute atomic E-state index is 0.101. The molecule has 1 fully saturated rings. The third-order valence-electron chi connectivity index (χ3n) is 5.75. The van der Waals surface area contributed by atoms with Crippen LogP contribution in [0, 0.1) is 5.82 Å². The Hall–Kier alpha value is -2.83. The Morgan fingerprint density at radius 2 is 1.77 bits per heavy atom. The van der Waals surface area contributed by atoms with Crippen LogP contribution in [0.3, 0.4) is 0 Å². The van der Waals surface area contributed by atoms with E-state index in [9.17, 15) is 9.18 Å². The molecule has 4 nitrogen and oxygen atoms in total. The van der Waals surface area contributed by atoms with E-state index in [1.165, 1.54) is 12.1 Å². The molecule has 0 bridgehead atoms. The number of benzene rings is 2. The van der Waals surface area contributed by atoms with Gasteiger partial charge in [0.25, 0.3) is 0 Å². The van der Waals surface area contributed by atoms with Gasteiger partial charge < -0.3 is 14.4 Å². The molecule has 1 aliphatic rings. The van der Waals surface area contributed by atoms with Gasteiger partial charge in [0.1, 0.15) is 12.4 Å². The molecule has 158 valence electrons. The van der Waals surface area contributed by atoms with Crippen molar-refractivity contribution in [1.82, 2.24) is 9.47 Å². The molecule has 0 saturated carbocycles. The van der Waals surface area contributed by atoms with Gasteiger partial charge in [-0.15, -0.1) is 11.3 Å². The van der Waals surface area contributed by atoms with Crippen LogP contribution in [0.1, 0.15) is 0 Å². The summed E-state index contributed by atoms with van der Waals surface area (Å²) >= 11 is 7.86. The number of fused-ring (bicyclic) bond motifs is 1. The third kappa shape index (κ3) is 4.05. The van der Waals surface area contributed by atoms with Crippen molar-refractivity contribution < 1.29 is 9.18 Å². The van der Waals surface area contributed by atoms with Crippen LogP contribution in [-0.4, -0.2) is 41.6 Å². The molecular formula is C24H21ClFN3OS. The molecule has 0 unspecified atom stereocenters. The Labute approximate surface area is 189 Å². The van der Waals surface area contributed by atoms with Gasteiger partial charge in [0.15, 0.2) is 0 Å². The van der Waals surface area contributed by atoms with Gasteiger partial charge in [0.2, 0.25) is 5.91 Å². The molecular weight excluding hydrogens is 433 g/mol. The summed E-state index contributed by atoms with van der Waals surface area (Å²) in [5, 5.41) is 3.76. The number of hydrogen-bond acceptors (Lipinski definition) is 3. The fourth-order valence-corrected chi connectivity index (χ4v) is 5.07. The minimum atomic E-state index is -0.237. The van der Waals surface area contributed by atoms with E-state index in [4.69, 9.17) is 11.6 Å². The maximum absolute atomic E-state index is 13.2. The maximum atomic E-state index is 13.2. The molecule has 1 amide bonds. The molecule has 5 rings (SSSR count). The summed E-state index contributed by atoms with van der Waals surface area (Å²) in [5.41, 5.74) is 3.03. The SMILES string of the molecule is O=C(Cn1c(-c2cccs2)cc2cc(Cl)ccc21)N1CCN(c2ccc(F)cc2)CC1. The van der Waals surface area contributed by atoms with E-state index in [1.807, 2.05) is 34.5 Å². The highest BCUT2D eigenvalue weighted by Crippen LogP contribution is 2.32. The number of hydrogen-bond donors (Lipinski definition) is 0. The lowest BCUT2D eigenvalue weighted by molar-refractivity contribution is -0.132. The molecule has 4 aromatic rings. The van der Waals surface area contributed by atoms with Crippen LogP contribution < -0.4 is 4.90 Å². The number of aromatic nitrogens is 1. The summed E-state index contributed by atoms with van der Waals surface area (Å²) < 4.78 is 15.3. The molecule has 7 heteroatoms. The zero-order chi connectivity index (χ0) is 21.4. The van der Waals surface area contributed by atoms with Gasteiger partial charge in [0, 0.05) is 47.8 Å². The maximum Gasteiger partial charge on any atom is 0.242 e. The van der Waals surface area contributed by atoms with Gasteiger partial charge >= 0.3 is 0 Å². The molecule has 2 aromatic carbocycles. The first-order valence-corrected chi connectivity index (χ1v) is 11.5. The Morgan fingerprint density at radius 3 is 2.48 bits per heavy atom. The number of anilines is 1. The lowest BCUT2D eigenvalue weighted by atomic mass is 10.2. The average Bonchev–Trinajstić information content (AvgIpc) is 3.42. The van der Waals surface area contributed by atoms with Crippen molar-refractivity contribution in [2.45, 2.75) is 6.54 Å². The monoisotopic (exact) mass is 453 g/mol. The molecule has 1 saturated heterocycles. The van der Waals surface area contributed by atoms with Gasteiger partial charge in [-0.2, -0.15) is 0 Å². The lowest BCUT2D eigenvalue weighted by Crippen LogP contribution is -2.49. The van der Waals surface area contributed by atoms with E-state index in [-0.39, 0.29) is 18.3 Å². The molecule has 0 atom stereocenters. The lowest BCUT2D eigenvalue weighted by Gasteiger charge is -2.36. The summed E-state index contributed by atoms with van der Waals surface area (Å²) in [5.74, 6) is -0.136. The first-order chi connectivity index (χ1) is 15.1. The molecule has 0 spiro atoms. The molecule has 31 heavy (non-hydrogen) atoms. The number of nitrogens with zero attached hydrogens (tertiary/aromatic N) is 3. The van der Waals surface area contributed by atoms with Gasteiger partial charge in [-0.05, 0) is 60.0 Å². The van der Waals surface area contributed by atoms with E-state index in [0.717, 1.165) is 40.3 Å². The Balaban J connectivity index is 1.35. The average molecular weight is 454 g/mol. The molecule has 0 aliphatic carbocycles. The second kappa shape index (κ2) is 8.36. The number of carbonyl (C=O) groups excluding carboxylic acids is 1. The summed E-state index contributed by atoms with van der Waals surface area (Å²) in [6, 6.07) is 18.5. The highest BCUT2D eigenvalue weighted by molar-refractivity contribution is 7.13. The fourth-order valence-electron chi connectivity index (χ4n) is 4.14. The predicted octanol–water partition coefficient (Wildman–Crippen LogP) is 5.51. The van der Waals surface area contributed by atoms with Crippen LogP contribution in [-0.2, 0) is 11.3 Å². The smallest absolute Gasteiger partial charge is 0.242 e. The molecule has 1 aliphatic heterocycles. The molecule has 3 heterocycles. The number of carbonyl (C=O) groups is 1. The molecule has 2 aromatic heterocycles. The normalized spacial score (nSPS) is 14.4. The number of amides is 1. The first-order valence-electron chi connectivity index (χ1n) is 10.2. The van der Waals surface area contributed by atoms with Crippen molar-refractivity contribution in [3.8, 4) is 10.6 Å². The standard InChI is InChI=1S/C24H21ClFN3OS/c25-18-3-8-21-17(14-18)15-22(23-2-1-13-31-23)29(21)16-24(30)28-11-9-27(10-12-28)20-6-4-19(26)5-7-20/h1-8,13-15H,9-12,16H2. The molecule has 0 N–H and O–H groups in total. The summed E-state index contributed by atoms with van der Waals surface area (Å²) in [7, 11) is 0.